The van der Waals surface area contributed by atoms with Gasteiger partial charge in [0.05, 0.1) is 0 Å². The Morgan fingerprint density at radius 3 is 1.13 bits per heavy atom. The molecule has 0 aromatic rings. The van der Waals surface area contributed by atoms with E-state index in [1.165, 1.54) is 0 Å². The molecule has 0 unspecified atom stereocenters. The molecule has 0 aromatic heterocycles. The summed E-state index contributed by atoms with van der Waals surface area (Å²) < 4.78 is 55.0. The van der Waals surface area contributed by atoms with Gasteiger partial charge < -0.3 is 24.1 Å². The van der Waals surface area contributed by atoms with Gasteiger partial charge in [0.15, 0.2) is 0 Å². The Kier molecular flexibility index (Phi) is 11.7. The molecule has 11 nitrogen and oxygen atoms in total. The standard InChI is InChI=1S/K.H4O7P2.H2O4S/c;1-8(2,3)7-9(4,5)6;1-5(2,3)4/h;(H2,1,2,3)(H2,4,5,6);(H2,1,2,3,4)/q+1;;/p-1. The summed E-state index contributed by atoms with van der Waals surface area (Å²) in [5.41, 5.74) is 0. The monoisotopic (exact) mass is 314 g/mol. The van der Waals surface area contributed by atoms with Crippen molar-refractivity contribution < 1.29 is 102 Å². The van der Waals surface area contributed by atoms with Crippen LogP contribution in [0.25, 0.3) is 0 Å². The maximum Gasteiger partial charge on any atom is 1.00 e. The van der Waals surface area contributed by atoms with Crippen molar-refractivity contribution in [2.75, 3.05) is 0 Å². The first-order valence-electron chi connectivity index (χ1n) is 2.21. The zero-order valence-electron chi connectivity index (χ0n) is 6.99. The van der Waals surface area contributed by atoms with Gasteiger partial charge in [0.2, 0.25) is 10.4 Å². The molecule has 15 heteroatoms. The molecule has 88 valence electrons. The van der Waals surface area contributed by atoms with Crippen LogP contribution in [0, 0.1) is 0 Å². The molecule has 5 N–H and O–H groups in total. The number of hydrogen-bond acceptors (Lipinski definition) is 6. The predicted molar refractivity (Wildman–Crippen MR) is 37.5 cm³/mol. The van der Waals surface area contributed by atoms with E-state index >= 15 is 0 Å². The molecule has 0 rings (SSSR count). The molecule has 0 aliphatic carbocycles. The summed E-state index contributed by atoms with van der Waals surface area (Å²) in [6.07, 6.45) is 0. The fourth-order valence-corrected chi connectivity index (χ4v) is 1.25. The third-order valence-corrected chi connectivity index (χ3v) is 1.91. The molecule has 0 fully saturated rings. The number of phosphoric acid groups is 2. The molecular formula is H5KO11P2S. The van der Waals surface area contributed by atoms with E-state index in [9.17, 15) is 9.13 Å². The van der Waals surface area contributed by atoms with Gasteiger partial charge in [-0.25, -0.2) is 17.5 Å². The van der Waals surface area contributed by atoms with Gasteiger partial charge in [0.1, 0.15) is 0 Å². The minimum absolute atomic E-state index is 0. The second-order valence-electron chi connectivity index (χ2n) is 1.49. The molecule has 0 amide bonds. The van der Waals surface area contributed by atoms with Gasteiger partial charge in [-0.1, -0.05) is 0 Å². The van der Waals surface area contributed by atoms with Crippen molar-refractivity contribution in [3.63, 3.8) is 0 Å². The van der Waals surface area contributed by atoms with Crippen molar-refractivity contribution in [3.05, 3.63) is 0 Å². The third-order valence-electron chi connectivity index (χ3n) is 0.213. The van der Waals surface area contributed by atoms with Gasteiger partial charge in [-0.3, -0.25) is 4.55 Å². The Hall–Kier alpha value is 1.77. The van der Waals surface area contributed by atoms with E-state index in [2.05, 4.69) is 4.31 Å². The van der Waals surface area contributed by atoms with Crippen LogP contribution in [0.2, 0.25) is 0 Å². The molecule has 0 bridgehead atoms. The van der Waals surface area contributed by atoms with E-state index < -0.39 is 26.0 Å². The van der Waals surface area contributed by atoms with E-state index in [1.54, 1.807) is 0 Å². The van der Waals surface area contributed by atoms with Gasteiger partial charge >= 0.3 is 67.0 Å². The SMILES string of the molecule is O=P(O)(O)OP(=O)(O)O.O=S(=O)([O-])O.[K+]. The summed E-state index contributed by atoms with van der Waals surface area (Å²) in [6.45, 7) is 0. The molecule has 0 heterocycles. The largest absolute Gasteiger partial charge is 1.00 e. The fourth-order valence-electron chi connectivity index (χ4n) is 0.139. The molecule has 0 aromatic carbocycles. The maximum absolute atomic E-state index is 9.63. The summed E-state index contributed by atoms with van der Waals surface area (Å²) in [4.78, 5) is 31.0. The average molecular weight is 314 g/mol. The van der Waals surface area contributed by atoms with E-state index in [4.69, 9.17) is 37.1 Å². The van der Waals surface area contributed by atoms with Gasteiger partial charge in [0.25, 0.3) is 0 Å². The Bertz CT molecular complexity index is 313. The summed E-state index contributed by atoms with van der Waals surface area (Å²) in [6, 6.07) is 0. The van der Waals surface area contributed by atoms with Crippen LogP contribution in [0.3, 0.4) is 0 Å². The quantitative estimate of drug-likeness (QED) is 0.142. The topological polar surface area (TPSA) is 202 Å². The van der Waals surface area contributed by atoms with Crippen LogP contribution in [-0.4, -0.2) is 37.1 Å². The van der Waals surface area contributed by atoms with E-state index in [0.29, 0.717) is 0 Å². The molecule has 0 saturated carbocycles. The first-order chi connectivity index (χ1) is 5.71. The summed E-state index contributed by atoms with van der Waals surface area (Å²) in [5, 5.41) is 0. The summed E-state index contributed by atoms with van der Waals surface area (Å²) in [7, 11) is -15.0. The Morgan fingerprint density at radius 1 is 1.00 bits per heavy atom. The molecule has 0 aliphatic rings. The predicted octanol–water partition coefficient (Wildman–Crippen LogP) is -4.80. The summed E-state index contributed by atoms with van der Waals surface area (Å²) in [5.74, 6) is 0. The van der Waals surface area contributed by atoms with Crippen molar-refractivity contribution in [1.82, 2.24) is 0 Å². The van der Waals surface area contributed by atoms with Crippen molar-refractivity contribution in [1.29, 1.82) is 0 Å². The number of hydrogen-bond donors (Lipinski definition) is 5. The molecule has 0 aliphatic heterocycles. The van der Waals surface area contributed by atoms with Crippen LogP contribution >= 0.6 is 15.6 Å². The minimum atomic E-state index is -5.05. The first kappa shape index (κ1) is 22.0. The fraction of sp³-hybridized carbons (Fsp3) is 0. The van der Waals surface area contributed by atoms with Crippen LogP contribution in [0.1, 0.15) is 0 Å². The average Bonchev–Trinajstić information content (AvgIpc) is 1.42. The second-order valence-corrected chi connectivity index (χ2v) is 4.96. The Morgan fingerprint density at radius 2 is 1.13 bits per heavy atom. The smallest absolute Gasteiger partial charge is 0.726 e. The first-order valence-corrected chi connectivity index (χ1v) is 6.64. The Balaban J connectivity index is -0.000000208. The maximum atomic E-state index is 9.63. The van der Waals surface area contributed by atoms with Crippen molar-refractivity contribution >= 4 is 26.0 Å². The van der Waals surface area contributed by atoms with Gasteiger partial charge in [-0.05, 0) is 0 Å². The number of rotatable bonds is 2. The second kappa shape index (κ2) is 7.97. The van der Waals surface area contributed by atoms with E-state index in [-0.39, 0.29) is 51.4 Å². The normalized spacial score (nSPS) is 12.1. The zero-order chi connectivity index (χ0) is 12.2. The van der Waals surface area contributed by atoms with Crippen LogP contribution in [0.5, 0.6) is 0 Å². The van der Waals surface area contributed by atoms with E-state index in [0.717, 1.165) is 0 Å². The molecule has 0 spiro atoms. The van der Waals surface area contributed by atoms with Gasteiger partial charge in [0, 0.05) is 0 Å². The molecule has 0 saturated heterocycles. The minimum Gasteiger partial charge on any atom is -0.726 e. The van der Waals surface area contributed by atoms with Crippen LogP contribution < -0.4 is 51.4 Å². The van der Waals surface area contributed by atoms with E-state index in [1.807, 2.05) is 0 Å². The molecule has 0 atom stereocenters. The zero-order valence-corrected chi connectivity index (χ0v) is 12.7. The van der Waals surface area contributed by atoms with Gasteiger partial charge in [-0.2, -0.15) is 4.31 Å². The van der Waals surface area contributed by atoms with Crippen molar-refractivity contribution in [2.24, 2.45) is 0 Å². The summed E-state index contributed by atoms with van der Waals surface area (Å²) >= 11 is 0. The van der Waals surface area contributed by atoms with Gasteiger partial charge in [-0.15, -0.1) is 0 Å². The molecule has 0 radical (unpaired) electrons. The van der Waals surface area contributed by atoms with Crippen molar-refractivity contribution in [2.45, 2.75) is 0 Å². The van der Waals surface area contributed by atoms with Crippen LogP contribution in [0.4, 0.5) is 0 Å². The van der Waals surface area contributed by atoms with Crippen LogP contribution in [-0.2, 0) is 23.8 Å². The van der Waals surface area contributed by atoms with Crippen LogP contribution in [0.15, 0.2) is 0 Å². The Labute approximate surface area is 126 Å². The molecule has 15 heavy (non-hydrogen) atoms. The third kappa shape index (κ3) is 49.5. The molecular weight excluding hydrogens is 309 g/mol. The van der Waals surface area contributed by atoms with Crippen molar-refractivity contribution in [3.8, 4) is 0 Å².